The quantitative estimate of drug-likeness (QED) is 0.865. The monoisotopic (exact) mass is 359 g/mol. The van der Waals surface area contributed by atoms with E-state index in [4.69, 9.17) is 0 Å². The van der Waals surface area contributed by atoms with E-state index in [0.717, 1.165) is 19.4 Å². The van der Waals surface area contributed by atoms with E-state index in [9.17, 15) is 9.18 Å². The molecule has 1 aromatic carbocycles. The van der Waals surface area contributed by atoms with Gasteiger partial charge in [0.25, 0.3) is 5.91 Å². The third-order valence-corrected chi connectivity index (χ3v) is 6.55. The van der Waals surface area contributed by atoms with Crippen molar-refractivity contribution in [3.63, 3.8) is 0 Å². The van der Waals surface area contributed by atoms with Crippen LogP contribution in [0.3, 0.4) is 0 Å². The highest BCUT2D eigenvalue weighted by molar-refractivity contribution is 7.09. The van der Waals surface area contributed by atoms with Gasteiger partial charge in [-0.25, -0.2) is 4.39 Å². The molecule has 132 valence electrons. The maximum atomic E-state index is 13.3. The van der Waals surface area contributed by atoms with Crippen molar-refractivity contribution in [3.8, 4) is 0 Å². The van der Waals surface area contributed by atoms with Crippen molar-refractivity contribution in [1.82, 2.24) is 5.32 Å². The first-order chi connectivity index (χ1) is 12.2. The smallest absolute Gasteiger partial charge is 0.251 e. The zero-order valence-corrected chi connectivity index (χ0v) is 15.0. The fraction of sp³-hybridized carbons (Fsp3) is 0.450. The van der Waals surface area contributed by atoms with Gasteiger partial charge in [0.1, 0.15) is 12.4 Å². The molecule has 1 aromatic heterocycles. The molecule has 4 atom stereocenters. The largest absolute Gasteiger partial charge is 0.349 e. The predicted octanol–water partition coefficient (Wildman–Crippen LogP) is 2.79. The number of amides is 1. The summed E-state index contributed by atoms with van der Waals surface area (Å²) in [4.78, 5) is 15.6. The Hall–Kier alpha value is -1.72. The summed E-state index contributed by atoms with van der Waals surface area (Å²) in [6.07, 6.45) is 5.83. The molecule has 2 bridgehead atoms. The van der Waals surface area contributed by atoms with Gasteiger partial charge >= 0.3 is 0 Å². The first-order valence-corrected chi connectivity index (χ1v) is 10.0. The second-order valence-electron chi connectivity index (χ2n) is 7.31. The molecule has 0 saturated carbocycles. The number of carbonyl (C=O) groups excluding carboxylic acids is 1. The molecule has 3 heterocycles. The Kier molecular flexibility index (Phi) is 4.86. The molecule has 5 heteroatoms. The molecule has 2 fully saturated rings. The third kappa shape index (κ3) is 3.77. The summed E-state index contributed by atoms with van der Waals surface area (Å²) in [5.41, 5.74) is 0.415. The summed E-state index contributed by atoms with van der Waals surface area (Å²) in [6, 6.07) is 11.7. The topological polar surface area (TPSA) is 33.5 Å². The molecule has 2 aliphatic rings. The maximum absolute atomic E-state index is 13.3. The Morgan fingerprint density at radius 1 is 1.20 bits per heavy atom. The number of halogens is 1. The number of thiophene rings is 1. The number of carbonyl (C=O) groups is 1. The number of hydrogen-bond acceptors (Lipinski definition) is 2. The first-order valence-electron chi connectivity index (χ1n) is 9.13. The minimum Gasteiger partial charge on any atom is -0.349 e. The number of quaternary nitrogens is 1. The Bertz CT molecular complexity index is 719. The van der Waals surface area contributed by atoms with Gasteiger partial charge in [-0.05, 0) is 48.9 Å². The zero-order chi connectivity index (χ0) is 17.2. The first kappa shape index (κ1) is 16.7. The summed E-state index contributed by atoms with van der Waals surface area (Å²) >= 11 is 1.84. The highest BCUT2D eigenvalue weighted by atomic mass is 32.1. The Labute approximate surface area is 151 Å². The van der Waals surface area contributed by atoms with Gasteiger partial charge in [0.15, 0.2) is 0 Å². The van der Waals surface area contributed by atoms with Gasteiger partial charge in [0.05, 0.1) is 17.0 Å². The maximum Gasteiger partial charge on any atom is 0.251 e. The second kappa shape index (κ2) is 7.26. The summed E-state index contributed by atoms with van der Waals surface area (Å²) in [5.74, 6) is -0.510. The average Bonchev–Trinajstić information content (AvgIpc) is 3.08. The van der Waals surface area contributed by atoms with Crippen LogP contribution in [0.15, 0.2) is 41.8 Å². The van der Waals surface area contributed by atoms with Crippen molar-refractivity contribution < 1.29 is 14.1 Å². The molecular formula is C20H24FN2OS+. The molecule has 0 radical (unpaired) electrons. The number of benzene rings is 1. The van der Waals surface area contributed by atoms with E-state index in [1.165, 1.54) is 36.3 Å². The van der Waals surface area contributed by atoms with Gasteiger partial charge in [0, 0.05) is 24.4 Å². The van der Waals surface area contributed by atoms with Gasteiger partial charge in [-0.1, -0.05) is 12.1 Å². The Morgan fingerprint density at radius 3 is 2.68 bits per heavy atom. The molecule has 2 aliphatic heterocycles. The minimum atomic E-state index is -0.361. The lowest BCUT2D eigenvalue weighted by Crippen LogP contribution is -3.20. The zero-order valence-electron chi connectivity index (χ0n) is 14.2. The standard InChI is InChI=1S/C20H23FN2OS/c21-15-5-1-4-14(10-15)20(24)22-16-11-17-6-2-7-18(12-16)23(17)13-19-8-3-9-25-19/h1,3-5,8-10,16-18H,2,6-7,11-13H2,(H,22,24)/p+1/t16?,17-,18+. The van der Waals surface area contributed by atoms with Crippen LogP contribution in [0, 0.1) is 5.82 Å². The molecule has 1 amide bonds. The van der Waals surface area contributed by atoms with Crippen molar-refractivity contribution in [3.05, 3.63) is 58.0 Å². The van der Waals surface area contributed by atoms with E-state index in [0.29, 0.717) is 17.6 Å². The number of hydrogen-bond donors (Lipinski definition) is 2. The van der Waals surface area contributed by atoms with Crippen molar-refractivity contribution in [2.24, 2.45) is 0 Å². The molecule has 2 saturated heterocycles. The molecule has 0 spiro atoms. The highest BCUT2D eigenvalue weighted by Crippen LogP contribution is 2.23. The van der Waals surface area contributed by atoms with Crippen LogP contribution < -0.4 is 10.2 Å². The molecule has 4 rings (SSSR count). The lowest BCUT2D eigenvalue weighted by Gasteiger charge is -2.45. The van der Waals surface area contributed by atoms with Crippen LogP contribution in [0.5, 0.6) is 0 Å². The van der Waals surface area contributed by atoms with Crippen LogP contribution in [0.25, 0.3) is 0 Å². The summed E-state index contributed by atoms with van der Waals surface area (Å²) in [5, 5.41) is 5.30. The van der Waals surface area contributed by atoms with Gasteiger partial charge in [-0.15, -0.1) is 11.3 Å². The Balaban J connectivity index is 1.42. The van der Waals surface area contributed by atoms with Crippen LogP contribution in [0.1, 0.15) is 47.3 Å². The van der Waals surface area contributed by atoms with Gasteiger partial charge in [-0.2, -0.15) is 0 Å². The van der Waals surface area contributed by atoms with Crippen LogP contribution in [0.4, 0.5) is 4.39 Å². The van der Waals surface area contributed by atoms with Crippen LogP contribution in [-0.2, 0) is 6.54 Å². The fourth-order valence-electron chi connectivity index (χ4n) is 4.56. The molecule has 2 N–H and O–H groups in total. The number of rotatable bonds is 4. The SMILES string of the molecule is O=C(NC1C[C@H]2CCC[C@@H](C1)[NH+]2Cc1cccs1)c1cccc(F)c1. The third-order valence-electron chi connectivity index (χ3n) is 5.67. The number of fused-ring (bicyclic) bond motifs is 2. The molecule has 2 aromatic rings. The molecule has 0 aliphatic carbocycles. The molecule has 3 nitrogen and oxygen atoms in total. The predicted molar refractivity (Wildman–Crippen MR) is 97.3 cm³/mol. The van der Waals surface area contributed by atoms with Crippen molar-refractivity contribution in [2.75, 3.05) is 0 Å². The number of piperidine rings is 2. The van der Waals surface area contributed by atoms with Gasteiger partial charge in [0.2, 0.25) is 0 Å². The van der Waals surface area contributed by atoms with Gasteiger partial charge in [-0.3, -0.25) is 4.79 Å². The highest BCUT2D eigenvalue weighted by Gasteiger charge is 2.42. The summed E-state index contributed by atoms with van der Waals surface area (Å²) in [6.45, 7) is 1.11. The summed E-state index contributed by atoms with van der Waals surface area (Å²) < 4.78 is 13.3. The van der Waals surface area contributed by atoms with Gasteiger partial charge < -0.3 is 10.2 Å². The van der Waals surface area contributed by atoms with E-state index >= 15 is 0 Å². The lowest BCUT2D eigenvalue weighted by atomic mass is 9.81. The van der Waals surface area contributed by atoms with E-state index in [2.05, 4.69) is 22.8 Å². The number of nitrogens with one attached hydrogen (secondary N) is 2. The minimum absolute atomic E-state index is 0.149. The average molecular weight is 359 g/mol. The van der Waals surface area contributed by atoms with Crippen molar-refractivity contribution in [2.45, 2.75) is 56.8 Å². The van der Waals surface area contributed by atoms with Crippen LogP contribution in [-0.4, -0.2) is 24.0 Å². The van der Waals surface area contributed by atoms with Crippen molar-refractivity contribution >= 4 is 17.2 Å². The molecule has 25 heavy (non-hydrogen) atoms. The van der Waals surface area contributed by atoms with E-state index in [1.807, 2.05) is 11.3 Å². The van der Waals surface area contributed by atoms with Crippen LogP contribution in [0.2, 0.25) is 0 Å². The molecular weight excluding hydrogens is 335 g/mol. The van der Waals surface area contributed by atoms with E-state index in [-0.39, 0.29) is 17.8 Å². The van der Waals surface area contributed by atoms with Crippen molar-refractivity contribution in [1.29, 1.82) is 0 Å². The van der Waals surface area contributed by atoms with Crippen LogP contribution >= 0.6 is 11.3 Å². The fourth-order valence-corrected chi connectivity index (χ4v) is 5.29. The normalized spacial score (nSPS) is 28.5. The second-order valence-corrected chi connectivity index (χ2v) is 8.34. The van der Waals surface area contributed by atoms with E-state index in [1.54, 1.807) is 17.0 Å². The summed E-state index contributed by atoms with van der Waals surface area (Å²) in [7, 11) is 0. The lowest BCUT2D eigenvalue weighted by molar-refractivity contribution is -0.973. The Morgan fingerprint density at radius 2 is 2.00 bits per heavy atom. The molecule has 2 unspecified atom stereocenters. The van der Waals surface area contributed by atoms with E-state index < -0.39 is 0 Å².